The van der Waals surface area contributed by atoms with Crippen LogP contribution in [0.25, 0.3) is 0 Å². The van der Waals surface area contributed by atoms with E-state index in [0.29, 0.717) is 13.1 Å². The van der Waals surface area contributed by atoms with E-state index in [1.807, 2.05) is 0 Å². The van der Waals surface area contributed by atoms with E-state index in [1.165, 1.54) is 17.0 Å². The first kappa shape index (κ1) is 14.3. The molecule has 1 aliphatic rings. The van der Waals surface area contributed by atoms with E-state index in [0.717, 1.165) is 11.5 Å². The number of nitrogens with zero attached hydrogens (tertiary/aromatic N) is 1. The standard InChI is InChI=1S/C13H14N2O4S/c16-12-10-15(8-7-14-12)13(17)6-9-20(18,19)11-4-2-1-3-5-11/h1-6,9H,7-8,10H2,(H,14,16). The molecular weight excluding hydrogens is 280 g/mol. The van der Waals surface area contributed by atoms with E-state index in [2.05, 4.69) is 5.32 Å². The van der Waals surface area contributed by atoms with E-state index in [1.54, 1.807) is 18.2 Å². The summed E-state index contributed by atoms with van der Waals surface area (Å²) in [6, 6.07) is 7.84. The van der Waals surface area contributed by atoms with Gasteiger partial charge in [0.25, 0.3) is 0 Å². The largest absolute Gasteiger partial charge is 0.353 e. The van der Waals surface area contributed by atoms with Gasteiger partial charge in [0.1, 0.15) is 0 Å². The highest BCUT2D eigenvalue weighted by Crippen LogP contribution is 2.11. The molecule has 1 aromatic rings. The summed E-state index contributed by atoms with van der Waals surface area (Å²) in [5.41, 5.74) is 0. The van der Waals surface area contributed by atoms with Gasteiger partial charge in [-0.2, -0.15) is 0 Å². The van der Waals surface area contributed by atoms with Crippen molar-refractivity contribution in [3.63, 3.8) is 0 Å². The number of amides is 2. The van der Waals surface area contributed by atoms with Crippen molar-refractivity contribution in [1.29, 1.82) is 0 Å². The SMILES string of the molecule is O=C1CN(C(=O)C=CS(=O)(=O)c2ccccc2)CCN1. The highest BCUT2D eigenvalue weighted by molar-refractivity contribution is 7.94. The Morgan fingerprint density at radius 2 is 1.95 bits per heavy atom. The first-order valence-corrected chi connectivity index (χ1v) is 7.57. The maximum Gasteiger partial charge on any atom is 0.247 e. The normalized spacial score (nSPS) is 16.2. The number of carbonyl (C=O) groups is 2. The van der Waals surface area contributed by atoms with Crippen LogP contribution in [0.5, 0.6) is 0 Å². The summed E-state index contributed by atoms with van der Waals surface area (Å²) >= 11 is 0. The lowest BCUT2D eigenvalue weighted by Crippen LogP contribution is -2.49. The number of benzene rings is 1. The van der Waals surface area contributed by atoms with Crippen molar-refractivity contribution >= 4 is 21.7 Å². The molecule has 2 amide bonds. The molecule has 0 saturated carbocycles. The van der Waals surface area contributed by atoms with Crippen LogP contribution in [-0.2, 0) is 19.4 Å². The van der Waals surface area contributed by atoms with Crippen LogP contribution in [0, 0.1) is 0 Å². The van der Waals surface area contributed by atoms with Gasteiger partial charge in [-0.05, 0) is 12.1 Å². The average Bonchev–Trinajstić information content (AvgIpc) is 2.46. The third-order valence-electron chi connectivity index (χ3n) is 2.81. The van der Waals surface area contributed by atoms with Crippen molar-refractivity contribution in [1.82, 2.24) is 10.2 Å². The molecule has 7 heteroatoms. The van der Waals surface area contributed by atoms with Crippen molar-refractivity contribution in [2.24, 2.45) is 0 Å². The lowest BCUT2D eigenvalue weighted by atomic mass is 10.3. The molecule has 106 valence electrons. The van der Waals surface area contributed by atoms with Gasteiger partial charge in [-0.15, -0.1) is 0 Å². The molecular formula is C13H14N2O4S. The van der Waals surface area contributed by atoms with Crippen LogP contribution in [0.3, 0.4) is 0 Å². The van der Waals surface area contributed by atoms with Gasteiger partial charge in [-0.1, -0.05) is 18.2 Å². The fourth-order valence-electron chi connectivity index (χ4n) is 1.77. The molecule has 6 nitrogen and oxygen atoms in total. The minimum atomic E-state index is -3.64. The van der Waals surface area contributed by atoms with Crippen LogP contribution in [0.2, 0.25) is 0 Å². The van der Waals surface area contributed by atoms with E-state index in [9.17, 15) is 18.0 Å². The smallest absolute Gasteiger partial charge is 0.247 e. The number of rotatable bonds is 3. The van der Waals surface area contributed by atoms with Crippen molar-refractivity contribution in [3.8, 4) is 0 Å². The molecule has 0 atom stereocenters. The molecule has 0 unspecified atom stereocenters. The minimum Gasteiger partial charge on any atom is -0.353 e. The van der Waals surface area contributed by atoms with Crippen molar-refractivity contribution in [3.05, 3.63) is 41.8 Å². The molecule has 1 heterocycles. The Hall–Kier alpha value is -2.15. The van der Waals surface area contributed by atoms with Crippen LogP contribution < -0.4 is 5.32 Å². The number of carbonyl (C=O) groups excluding carboxylic acids is 2. The lowest BCUT2D eigenvalue weighted by molar-refractivity contribution is -0.134. The monoisotopic (exact) mass is 294 g/mol. The first-order chi connectivity index (χ1) is 9.49. The van der Waals surface area contributed by atoms with Gasteiger partial charge in [0, 0.05) is 24.6 Å². The molecule has 0 bridgehead atoms. The molecule has 1 fully saturated rings. The number of nitrogens with one attached hydrogen (secondary N) is 1. The first-order valence-electron chi connectivity index (χ1n) is 6.03. The fraction of sp³-hybridized carbons (Fsp3) is 0.231. The van der Waals surface area contributed by atoms with Crippen LogP contribution in [0.15, 0.2) is 46.7 Å². The third kappa shape index (κ3) is 3.45. The molecule has 2 rings (SSSR count). The predicted molar refractivity (Wildman–Crippen MR) is 72.4 cm³/mol. The topological polar surface area (TPSA) is 83.6 Å². The van der Waals surface area contributed by atoms with Gasteiger partial charge in [0.2, 0.25) is 11.8 Å². The molecule has 1 aliphatic heterocycles. The second-order valence-electron chi connectivity index (χ2n) is 4.27. The molecule has 0 aliphatic carbocycles. The van der Waals surface area contributed by atoms with Crippen LogP contribution in [-0.4, -0.2) is 44.8 Å². The van der Waals surface area contributed by atoms with Gasteiger partial charge in [0.15, 0.2) is 9.84 Å². The van der Waals surface area contributed by atoms with Gasteiger partial charge in [-0.25, -0.2) is 8.42 Å². The maximum atomic E-state index is 11.9. The summed E-state index contributed by atoms with van der Waals surface area (Å²) in [4.78, 5) is 24.4. The van der Waals surface area contributed by atoms with E-state index >= 15 is 0 Å². The zero-order valence-electron chi connectivity index (χ0n) is 10.7. The summed E-state index contributed by atoms with van der Waals surface area (Å²) < 4.78 is 23.9. The van der Waals surface area contributed by atoms with Crippen molar-refractivity contribution in [2.75, 3.05) is 19.6 Å². The summed E-state index contributed by atoms with van der Waals surface area (Å²) in [5.74, 6) is -0.733. The highest BCUT2D eigenvalue weighted by atomic mass is 32.2. The third-order valence-corrected chi connectivity index (χ3v) is 4.24. The minimum absolute atomic E-state index is 0.0471. The Kier molecular flexibility index (Phi) is 4.19. The van der Waals surface area contributed by atoms with Crippen LogP contribution in [0.4, 0.5) is 0 Å². The summed E-state index contributed by atoms with van der Waals surface area (Å²) in [6.45, 7) is 0.707. The summed E-state index contributed by atoms with van der Waals surface area (Å²) in [7, 11) is -3.64. The quantitative estimate of drug-likeness (QED) is 0.791. The maximum absolute atomic E-state index is 11.9. The summed E-state index contributed by atoms with van der Waals surface area (Å²) in [6.07, 6.45) is 0.987. The number of sulfone groups is 1. The second kappa shape index (κ2) is 5.87. The Labute approximate surface area is 117 Å². The highest BCUT2D eigenvalue weighted by Gasteiger charge is 2.20. The van der Waals surface area contributed by atoms with Crippen LogP contribution in [0.1, 0.15) is 0 Å². The number of hydrogen-bond acceptors (Lipinski definition) is 4. The number of piperazine rings is 1. The lowest BCUT2D eigenvalue weighted by Gasteiger charge is -2.25. The molecule has 20 heavy (non-hydrogen) atoms. The van der Waals surface area contributed by atoms with Gasteiger partial charge in [0.05, 0.1) is 11.4 Å². The van der Waals surface area contributed by atoms with Gasteiger partial charge in [-0.3, -0.25) is 9.59 Å². The Morgan fingerprint density at radius 3 is 2.60 bits per heavy atom. The molecule has 0 aromatic heterocycles. The Morgan fingerprint density at radius 1 is 1.25 bits per heavy atom. The molecule has 1 N–H and O–H groups in total. The van der Waals surface area contributed by atoms with E-state index in [4.69, 9.17) is 0 Å². The van der Waals surface area contributed by atoms with Crippen molar-refractivity contribution in [2.45, 2.75) is 4.90 Å². The van der Waals surface area contributed by atoms with Crippen molar-refractivity contribution < 1.29 is 18.0 Å². The van der Waals surface area contributed by atoms with Crippen LogP contribution >= 0.6 is 0 Å². The van der Waals surface area contributed by atoms with E-state index < -0.39 is 15.7 Å². The fourth-order valence-corrected chi connectivity index (χ4v) is 2.76. The zero-order chi connectivity index (χ0) is 14.6. The van der Waals surface area contributed by atoms with E-state index in [-0.39, 0.29) is 17.3 Å². The number of hydrogen-bond donors (Lipinski definition) is 1. The Balaban J connectivity index is 2.09. The molecule has 1 aromatic carbocycles. The predicted octanol–water partition coefficient (Wildman–Crippen LogP) is -0.0676. The average molecular weight is 294 g/mol. The molecule has 0 spiro atoms. The molecule has 1 saturated heterocycles. The van der Waals surface area contributed by atoms with Gasteiger partial charge < -0.3 is 10.2 Å². The van der Waals surface area contributed by atoms with Gasteiger partial charge >= 0.3 is 0 Å². The summed E-state index contributed by atoms with van der Waals surface area (Å²) in [5, 5.41) is 3.46. The second-order valence-corrected chi connectivity index (χ2v) is 6.10. The zero-order valence-corrected chi connectivity index (χ0v) is 11.5. The Bertz CT molecular complexity index is 638. The molecule has 0 radical (unpaired) electrons.